The Balaban J connectivity index is 0.00000169. The third-order valence-corrected chi connectivity index (χ3v) is 6.14. The van der Waals surface area contributed by atoms with E-state index >= 15 is 0 Å². The van der Waals surface area contributed by atoms with Crippen LogP contribution in [0.1, 0.15) is 43.8 Å². The van der Waals surface area contributed by atoms with Crippen LogP contribution in [0.25, 0.3) is 0 Å². The van der Waals surface area contributed by atoms with Crippen LogP contribution in [0.3, 0.4) is 0 Å². The highest BCUT2D eigenvalue weighted by Gasteiger charge is 2.50. The second kappa shape index (κ2) is 7.00. The molecule has 134 valence electrons. The molecule has 1 aliphatic heterocycles. The van der Waals surface area contributed by atoms with Crippen molar-refractivity contribution >= 4 is 18.3 Å². The lowest BCUT2D eigenvalue weighted by Gasteiger charge is -2.37. The molecule has 2 N–H and O–H groups in total. The van der Waals surface area contributed by atoms with E-state index in [1.54, 1.807) is 0 Å². The molecule has 5 unspecified atom stereocenters. The number of nitrogens with zero attached hydrogens (tertiary/aromatic N) is 3. The zero-order valence-electron chi connectivity index (χ0n) is 14.2. The van der Waals surface area contributed by atoms with Crippen LogP contribution in [0.2, 0.25) is 0 Å². The number of nitrogens with two attached hydrogens (primary N) is 1. The fraction of sp³-hybridized carbons (Fsp3) is 0.824. The fourth-order valence-corrected chi connectivity index (χ4v) is 5.03. The van der Waals surface area contributed by atoms with Gasteiger partial charge in [-0.05, 0) is 49.9 Å². The van der Waals surface area contributed by atoms with Gasteiger partial charge in [-0.1, -0.05) is 5.16 Å². The molecule has 1 aromatic heterocycles. The van der Waals surface area contributed by atoms with E-state index in [0.717, 1.165) is 44.6 Å². The van der Waals surface area contributed by atoms with Crippen molar-refractivity contribution in [3.8, 4) is 0 Å². The summed E-state index contributed by atoms with van der Waals surface area (Å²) in [5, 5.41) is 3.99. The number of aryl methyl sites for hydroxylation is 1. The SMILES string of the molecule is Cc1nc(CC2CCCN(C(=O)C3C4CCC(C4)C3N)C2)no1.Cl. The average molecular weight is 355 g/mol. The largest absolute Gasteiger partial charge is 0.342 e. The van der Waals surface area contributed by atoms with Gasteiger partial charge < -0.3 is 15.2 Å². The molecule has 3 aliphatic rings. The fourth-order valence-electron chi connectivity index (χ4n) is 5.03. The first-order valence-corrected chi connectivity index (χ1v) is 8.95. The van der Waals surface area contributed by atoms with Crippen LogP contribution in [0.4, 0.5) is 0 Å². The highest BCUT2D eigenvalue weighted by molar-refractivity contribution is 5.85. The molecule has 5 atom stereocenters. The van der Waals surface area contributed by atoms with Crippen LogP contribution in [0.5, 0.6) is 0 Å². The Kier molecular flexibility index (Phi) is 5.16. The Labute approximate surface area is 148 Å². The van der Waals surface area contributed by atoms with Crippen molar-refractivity contribution in [2.24, 2.45) is 29.4 Å². The maximum absolute atomic E-state index is 13.0. The molecule has 24 heavy (non-hydrogen) atoms. The molecule has 0 aromatic carbocycles. The van der Waals surface area contributed by atoms with Crippen molar-refractivity contribution in [2.45, 2.75) is 51.5 Å². The predicted molar refractivity (Wildman–Crippen MR) is 91.6 cm³/mol. The van der Waals surface area contributed by atoms with Gasteiger partial charge in [-0.25, -0.2) is 0 Å². The molecule has 2 saturated carbocycles. The standard InChI is InChI=1S/C17H26N4O2.ClH/c1-10-19-14(20-23-10)7-11-3-2-6-21(9-11)17(22)15-12-4-5-13(8-12)16(15)18;/h11-13,15-16H,2-9,18H2,1H3;1H. The zero-order chi connectivity index (χ0) is 16.0. The van der Waals surface area contributed by atoms with Gasteiger partial charge >= 0.3 is 0 Å². The molecular weight excluding hydrogens is 328 g/mol. The number of piperidine rings is 1. The average Bonchev–Trinajstić information content (AvgIpc) is 3.23. The molecule has 4 rings (SSSR count). The molecule has 7 heteroatoms. The van der Waals surface area contributed by atoms with E-state index in [4.69, 9.17) is 10.3 Å². The Morgan fingerprint density at radius 1 is 1.33 bits per heavy atom. The maximum Gasteiger partial charge on any atom is 0.227 e. The van der Waals surface area contributed by atoms with E-state index in [1.807, 2.05) is 6.92 Å². The van der Waals surface area contributed by atoms with Crippen molar-refractivity contribution in [3.05, 3.63) is 11.7 Å². The number of likely N-dealkylation sites (tertiary alicyclic amines) is 1. The lowest BCUT2D eigenvalue weighted by atomic mass is 9.83. The Morgan fingerprint density at radius 3 is 2.79 bits per heavy atom. The molecule has 1 aromatic rings. The van der Waals surface area contributed by atoms with Crippen molar-refractivity contribution in [1.29, 1.82) is 0 Å². The first kappa shape index (κ1) is 17.7. The lowest BCUT2D eigenvalue weighted by Crippen LogP contribution is -2.50. The van der Waals surface area contributed by atoms with Crippen LogP contribution in [0, 0.1) is 30.6 Å². The van der Waals surface area contributed by atoms with E-state index in [1.165, 1.54) is 12.8 Å². The van der Waals surface area contributed by atoms with Gasteiger partial charge in [-0.2, -0.15) is 4.98 Å². The number of carbonyl (C=O) groups excluding carboxylic acids is 1. The smallest absolute Gasteiger partial charge is 0.227 e. The number of fused-ring (bicyclic) bond motifs is 2. The molecule has 0 spiro atoms. The molecule has 6 nitrogen and oxygen atoms in total. The van der Waals surface area contributed by atoms with Gasteiger partial charge in [0.05, 0.1) is 5.92 Å². The molecule has 2 heterocycles. The third kappa shape index (κ3) is 3.18. The number of hydrogen-bond acceptors (Lipinski definition) is 5. The van der Waals surface area contributed by atoms with E-state index in [-0.39, 0.29) is 24.4 Å². The molecular formula is C17H27ClN4O2. The van der Waals surface area contributed by atoms with Gasteiger partial charge in [0.1, 0.15) is 0 Å². The van der Waals surface area contributed by atoms with Gasteiger partial charge in [0.25, 0.3) is 0 Å². The summed E-state index contributed by atoms with van der Waals surface area (Å²) >= 11 is 0. The summed E-state index contributed by atoms with van der Waals surface area (Å²) in [4.78, 5) is 19.4. The summed E-state index contributed by atoms with van der Waals surface area (Å²) < 4.78 is 5.05. The van der Waals surface area contributed by atoms with Crippen molar-refractivity contribution in [3.63, 3.8) is 0 Å². The lowest BCUT2D eigenvalue weighted by molar-refractivity contribution is -0.139. The second-order valence-corrected chi connectivity index (χ2v) is 7.66. The number of hydrogen-bond donors (Lipinski definition) is 1. The summed E-state index contributed by atoms with van der Waals surface area (Å²) in [6.45, 7) is 3.50. The van der Waals surface area contributed by atoms with E-state index < -0.39 is 0 Å². The van der Waals surface area contributed by atoms with Crippen LogP contribution < -0.4 is 5.73 Å². The van der Waals surface area contributed by atoms with Crippen LogP contribution in [-0.4, -0.2) is 40.1 Å². The molecule has 2 bridgehead atoms. The molecule has 3 fully saturated rings. The summed E-state index contributed by atoms with van der Waals surface area (Å²) in [6.07, 6.45) is 6.55. The van der Waals surface area contributed by atoms with Crippen LogP contribution in [0.15, 0.2) is 4.52 Å². The minimum Gasteiger partial charge on any atom is -0.342 e. The minimum atomic E-state index is 0. The zero-order valence-corrected chi connectivity index (χ0v) is 15.0. The first-order chi connectivity index (χ1) is 11.1. The number of carbonyl (C=O) groups is 1. The molecule has 1 saturated heterocycles. The Bertz CT molecular complexity index is 591. The van der Waals surface area contributed by atoms with E-state index in [9.17, 15) is 4.79 Å². The molecule has 2 aliphatic carbocycles. The van der Waals surface area contributed by atoms with Gasteiger partial charge in [0, 0.05) is 32.5 Å². The Hall–Kier alpha value is -1.14. The summed E-state index contributed by atoms with van der Waals surface area (Å²) in [5.41, 5.74) is 6.35. The van der Waals surface area contributed by atoms with E-state index in [0.29, 0.717) is 29.6 Å². The van der Waals surface area contributed by atoms with Gasteiger partial charge in [0.2, 0.25) is 11.8 Å². The number of aromatic nitrogens is 2. The topological polar surface area (TPSA) is 85.2 Å². The van der Waals surface area contributed by atoms with Crippen LogP contribution >= 0.6 is 12.4 Å². The van der Waals surface area contributed by atoms with Crippen molar-refractivity contribution in [2.75, 3.05) is 13.1 Å². The number of rotatable bonds is 3. The minimum absolute atomic E-state index is 0. The normalized spacial score (nSPS) is 35.1. The van der Waals surface area contributed by atoms with Gasteiger partial charge in [-0.15, -0.1) is 12.4 Å². The molecule has 0 radical (unpaired) electrons. The highest BCUT2D eigenvalue weighted by atomic mass is 35.5. The second-order valence-electron chi connectivity index (χ2n) is 7.66. The predicted octanol–water partition coefficient (Wildman–Crippen LogP) is 1.95. The van der Waals surface area contributed by atoms with Gasteiger partial charge in [-0.3, -0.25) is 4.79 Å². The Morgan fingerprint density at radius 2 is 2.12 bits per heavy atom. The summed E-state index contributed by atoms with van der Waals surface area (Å²) in [6, 6.07) is 0.0847. The maximum atomic E-state index is 13.0. The summed E-state index contributed by atoms with van der Waals surface area (Å²) in [5.74, 6) is 3.29. The van der Waals surface area contributed by atoms with E-state index in [2.05, 4.69) is 15.0 Å². The van der Waals surface area contributed by atoms with Gasteiger partial charge in [0.15, 0.2) is 5.82 Å². The highest BCUT2D eigenvalue weighted by Crippen LogP contribution is 2.48. The number of amides is 1. The van der Waals surface area contributed by atoms with Crippen molar-refractivity contribution < 1.29 is 9.32 Å². The quantitative estimate of drug-likeness (QED) is 0.896. The van der Waals surface area contributed by atoms with Crippen molar-refractivity contribution in [1.82, 2.24) is 15.0 Å². The first-order valence-electron chi connectivity index (χ1n) is 8.95. The third-order valence-electron chi connectivity index (χ3n) is 6.14. The van der Waals surface area contributed by atoms with Crippen LogP contribution in [-0.2, 0) is 11.2 Å². The number of halogens is 1. The monoisotopic (exact) mass is 354 g/mol. The summed E-state index contributed by atoms with van der Waals surface area (Å²) in [7, 11) is 0. The molecule has 1 amide bonds.